The Balaban J connectivity index is 1.42. The van der Waals surface area contributed by atoms with E-state index < -0.39 is 0 Å². The van der Waals surface area contributed by atoms with Crippen molar-refractivity contribution in [3.8, 4) is 0 Å². The fourth-order valence-electron chi connectivity index (χ4n) is 5.62. The highest BCUT2D eigenvalue weighted by molar-refractivity contribution is 6.23. The van der Waals surface area contributed by atoms with Crippen LogP contribution in [0.5, 0.6) is 0 Å². The van der Waals surface area contributed by atoms with Gasteiger partial charge in [0.25, 0.3) is 0 Å². The first-order valence-electron chi connectivity index (χ1n) is 11.2. The fourth-order valence-corrected chi connectivity index (χ4v) is 5.62. The number of aryl methyl sites for hydroxylation is 3. The lowest BCUT2D eigenvalue weighted by Crippen LogP contribution is -2.20. The zero-order valence-electron chi connectivity index (χ0n) is 18.4. The molecular weight excluding hydrogens is 376 g/mol. The van der Waals surface area contributed by atoms with Crippen molar-refractivity contribution in [3.63, 3.8) is 0 Å². The van der Waals surface area contributed by atoms with Crippen LogP contribution in [-0.2, 0) is 6.54 Å². The lowest BCUT2D eigenvalue weighted by Gasteiger charge is -2.14. The van der Waals surface area contributed by atoms with Crippen LogP contribution in [0, 0.1) is 20.8 Å². The van der Waals surface area contributed by atoms with Crippen LogP contribution in [0.2, 0.25) is 0 Å². The second-order valence-corrected chi connectivity index (χ2v) is 9.11. The van der Waals surface area contributed by atoms with Crippen molar-refractivity contribution in [2.75, 3.05) is 18.0 Å². The highest BCUT2D eigenvalue weighted by Crippen LogP contribution is 2.36. The third-order valence-corrected chi connectivity index (χ3v) is 6.85. The molecule has 0 saturated heterocycles. The Labute approximate surface area is 183 Å². The Kier molecular flexibility index (Phi) is 4.04. The van der Waals surface area contributed by atoms with E-state index in [1.807, 2.05) is 0 Å². The molecule has 1 heterocycles. The topological polar surface area (TPSA) is 6.25 Å². The Hall–Kier alpha value is -3.39. The summed E-state index contributed by atoms with van der Waals surface area (Å²) in [5.74, 6) is 0. The Morgan fingerprint density at radius 2 is 1.42 bits per heavy atom. The fraction of sp³-hybridized carbons (Fsp3) is 0.207. The first kappa shape index (κ1) is 18.4. The van der Waals surface area contributed by atoms with E-state index >= 15 is 0 Å². The van der Waals surface area contributed by atoms with Crippen molar-refractivity contribution in [2.24, 2.45) is 0 Å². The summed E-state index contributed by atoms with van der Waals surface area (Å²) < 4.78 is 2.46. The summed E-state index contributed by atoms with van der Waals surface area (Å²) in [6.07, 6.45) is 2.32. The zero-order valence-corrected chi connectivity index (χ0v) is 18.4. The summed E-state index contributed by atoms with van der Waals surface area (Å²) in [4.78, 5) is 2.43. The molecule has 0 fully saturated rings. The molecule has 0 aliphatic carbocycles. The second-order valence-electron chi connectivity index (χ2n) is 9.11. The standard InChI is InChI=1S/C29H27N2/c1-19-15-20(2)29(21(3)16-19)31-14-13-30(18-31)17-25-10-9-24-8-7-22-5-4-6-23-11-12-26(25)28(24)27(22)23/h4-12,15-16,18H,13-14,17H2,1-3H3/q+1. The summed E-state index contributed by atoms with van der Waals surface area (Å²) in [6, 6.07) is 24.9. The molecule has 0 spiro atoms. The molecule has 0 atom stereocenters. The summed E-state index contributed by atoms with van der Waals surface area (Å²) in [5.41, 5.74) is 6.82. The molecule has 0 amide bonds. The van der Waals surface area contributed by atoms with Crippen molar-refractivity contribution in [1.29, 1.82) is 0 Å². The predicted octanol–water partition coefficient (Wildman–Crippen LogP) is 6.57. The van der Waals surface area contributed by atoms with Crippen LogP contribution in [-0.4, -0.2) is 24.0 Å². The maximum absolute atomic E-state index is 2.46. The molecule has 1 aliphatic heterocycles. The first-order valence-corrected chi connectivity index (χ1v) is 11.2. The van der Waals surface area contributed by atoms with Crippen LogP contribution >= 0.6 is 0 Å². The highest BCUT2D eigenvalue weighted by Gasteiger charge is 2.25. The molecule has 1 aliphatic rings. The molecule has 152 valence electrons. The van der Waals surface area contributed by atoms with E-state index in [4.69, 9.17) is 0 Å². The van der Waals surface area contributed by atoms with Gasteiger partial charge in [-0.05, 0) is 64.2 Å². The average Bonchev–Trinajstić information content (AvgIpc) is 3.20. The Bertz CT molecular complexity index is 1450. The van der Waals surface area contributed by atoms with Gasteiger partial charge in [0.2, 0.25) is 6.34 Å². The molecule has 0 N–H and O–H groups in total. The van der Waals surface area contributed by atoms with Crippen molar-refractivity contribution >= 4 is 44.3 Å². The monoisotopic (exact) mass is 403 g/mol. The number of benzene rings is 5. The van der Waals surface area contributed by atoms with Gasteiger partial charge in [-0.2, -0.15) is 0 Å². The van der Waals surface area contributed by atoms with Gasteiger partial charge in [-0.1, -0.05) is 72.3 Å². The van der Waals surface area contributed by atoms with Crippen molar-refractivity contribution in [1.82, 2.24) is 0 Å². The van der Waals surface area contributed by atoms with Gasteiger partial charge < -0.3 is 0 Å². The van der Waals surface area contributed by atoms with E-state index in [-0.39, 0.29) is 0 Å². The van der Waals surface area contributed by atoms with Crippen LogP contribution < -0.4 is 4.90 Å². The largest absolute Gasteiger partial charge is 0.260 e. The number of hydrogen-bond donors (Lipinski definition) is 0. The van der Waals surface area contributed by atoms with Crippen molar-refractivity contribution < 1.29 is 4.58 Å². The first-order chi connectivity index (χ1) is 15.1. The normalized spacial score (nSPS) is 14.3. The molecule has 0 bridgehead atoms. The number of hydrogen-bond acceptors (Lipinski definition) is 1. The third-order valence-electron chi connectivity index (χ3n) is 6.85. The van der Waals surface area contributed by atoms with E-state index in [0.717, 1.165) is 19.6 Å². The summed E-state index contributed by atoms with van der Waals surface area (Å²) in [7, 11) is 0. The van der Waals surface area contributed by atoms with Crippen LogP contribution in [0.15, 0.2) is 66.7 Å². The van der Waals surface area contributed by atoms with Gasteiger partial charge in [-0.25, -0.2) is 4.90 Å². The molecule has 0 unspecified atom stereocenters. The van der Waals surface area contributed by atoms with E-state index in [0.29, 0.717) is 0 Å². The molecule has 2 heteroatoms. The van der Waals surface area contributed by atoms with Crippen LogP contribution in [0.4, 0.5) is 5.69 Å². The number of anilines is 1. The molecule has 0 saturated carbocycles. The molecule has 5 aromatic rings. The number of rotatable bonds is 3. The SMILES string of the molecule is Cc1cc(C)c(N2C=[N+](Cc3ccc4ccc5cccc6ccc3c4c56)CC2)c(C)c1. The Morgan fingerprint density at radius 3 is 2.16 bits per heavy atom. The smallest absolute Gasteiger partial charge is 0.239 e. The molecule has 31 heavy (non-hydrogen) atoms. The van der Waals surface area contributed by atoms with Crippen LogP contribution in [0.1, 0.15) is 22.3 Å². The summed E-state index contributed by atoms with van der Waals surface area (Å²) >= 11 is 0. The molecule has 6 rings (SSSR count). The summed E-state index contributed by atoms with van der Waals surface area (Å²) in [5, 5.41) is 8.19. The van der Waals surface area contributed by atoms with Gasteiger partial charge in [-0.3, -0.25) is 4.58 Å². The minimum absolute atomic E-state index is 0.939. The van der Waals surface area contributed by atoms with E-state index in [1.54, 1.807) is 0 Å². The van der Waals surface area contributed by atoms with Gasteiger partial charge in [0.1, 0.15) is 25.3 Å². The highest BCUT2D eigenvalue weighted by atomic mass is 15.3. The van der Waals surface area contributed by atoms with Gasteiger partial charge in [0.05, 0.1) is 0 Å². The summed E-state index contributed by atoms with van der Waals surface area (Å²) in [6.45, 7) is 9.66. The van der Waals surface area contributed by atoms with Gasteiger partial charge in [-0.15, -0.1) is 0 Å². The molecule has 2 nitrogen and oxygen atoms in total. The molecule has 0 aromatic heterocycles. The maximum atomic E-state index is 2.46. The van der Waals surface area contributed by atoms with Gasteiger partial charge >= 0.3 is 0 Å². The minimum Gasteiger partial charge on any atom is -0.260 e. The maximum Gasteiger partial charge on any atom is 0.239 e. The lowest BCUT2D eigenvalue weighted by molar-refractivity contribution is -0.529. The Morgan fingerprint density at radius 1 is 0.774 bits per heavy atom. The number of nitrogens with zero attached hydrogens (tertiary/aromatic N) is 2. The minimum atomic E-state index is 0.939. The predicted molar refractivity (Wildman–Crippen MR) is 133 cm³/mol. The van der Waals surface area contributed by atoms with Crippen molar-refractivity contribution in [2.45, 2.75) is 27.3 Å². The average molecular weight is 404 g/mol. The molecular formula is C29H27N2+. The van der Waals surface area contributed by atoms with E-state index in [9.17, 15) is 0 Å². The van der Waals surface area contributed by atoms with Crippen LogP contribution in [0.3, 0.4) is 0 Å². The zero-order chi connectivity index (χ0) is 21.1. The lowest BCUT2D eigenvalue weighted by atomic mass is 9.92. The second kappa shape index (κ2) is 6.81. The van der Waals surface area contributed by atoms with Crippen molar-refractivity contribution in [3.05, 3.63) is 89.0 Å². The molecule has 5 aromatic carbocycles. The van der Waals surface area contributed by atoms with E-state index in [1.165, 1.54) is 60.3 Å². The third kappa shape index (κ3) is 2.90. The van der Waals surface area contributed by atoms with Gasteiger partial charge in [0, 0.05) is 5.56 Å². The van der Waals surface area contributed by atoms with E-state index in [2.05, 4.69) is 103 Å². The van der Waals surface area contributed by atoms with Crippen LogP contribution in [0.25, 0.3) is 32.3 Å². The molecule has 0 radical (unpaired) electrons. The van der Waals surface area contributed by atoms with Gasteiger partial charge in [0.15, 0.2) is 0 Å². The quantitative estimate of drug-likeness (QED) is 0.244.